The third-order valence-electron chi connectivity index (χ3n) is 4.42. The lowest BCUT2D eigenvalue weighted by atomic mass is 10.1. The van der Waals surface area contributed by atoms with Crippen molar-refractivity contribution < 1.29 is 22.4 Å². The van der Waals surface area contributed by atoms with Gasteiger partial charge in [-0.15, -0.1) is 0 Å². The topological polar surface area (TPSA) is 38.1 Å². The molecule has 1 fully saturated rings. The largest absolute Gasteiger partial charge is 0.335 e. The summed E-state index contributed by atoms with van der Waals surface area (Å²) < 4.78 is 54.9. The van der Waals surface area contributed by atoms with Gasteiger partial charge in [0.2, 0.25) is 5.91 Å². The maximum atomic E-state index is 14.1. The van der Waals surface area contributed by atoms with Crippen LogP contribution in [0.5, 0.6) is 0 Å². The second-order valence-electron chi connectivity index (χ2n) is 6.22. The number of nitrogens with zero attached hydrogens (tertiary/aromatic N) is 3. The minimum Gasteiger partial charge on any atom is -0.335 e. The van der Waals surface area contributed by atoms with Gasteiger partial charge in [-0.05, 0) is 23.8 Å². The Labute approximate surface area is 145 Å². The monoisotopic (exact) mass is 363 g/mol. The van der Waals surface area contributed by atoms with Crippen LogP contribution in [0, 0.1) is 17.5 Å². The number of alkyl halides is 1. The first-order chi connectivity index (χ1) is 12.4. The molecule has 3 heterocycles. The van der Waals surface area contributed by atoms with Crippen LogP contribution in [0.25, 0.3) is 22.2 Å². The van der Waals surface area contributed by atoms with E-state index in [0.29, 0.717) is 16.6 Å². The van der Waals surface area contributed by atoms with Gasteiger partial charge < -0.3 is 9.47 Å². The van der Waals surface area contributed by atoms with Gasteiger partial charge in [-0.25, -0.2) is 17.6 Å². The molecule has 1 saturated heterocycles. The third-order valence-corrected chi connectivity index (χ3v) is 4.42. The molecular formula is C18H13F4N3O. The highest BCUT2D eigenvalue weighted by atomic mass is 19.2. The lowest BCUT2D eigenvalue weighted by molar-refractivity contribution is -0.138. The minimum absolute atomic E-state index is 0.0405. The summed E-state index contributed by atoms with van der Waals surface area (Å²) in [4.78, 5) is 17.5. The fraction of sp³-hybridized carbons (Fsp3) is 0.222. The number of hydrogen-bond donors (Lipinski definition) is 0. The Bertz CT molecular complexity index is 1010. The summed E-state index contributed by atoms with van der Waals surface area (Å²) in [5.41, 5.74) is 1.24. The van der Waals surface area contributed by atoms with Crippen LogP contribution in [-0.2, 0) is 11.3 Å². The molecule has 1 amide bonds. The maximum absolute atomic E-state index is 14.1. The molecule has 4 rings (SSSR count). The van der Waals surface area contributed by atoms with E-state index in [9.17, 15) is 22.4 Å². The van der Waals surface area contributed by atoms with Crippen LogP contribution < -0.4 is 0 Å². The lowest BCUT2D eigenvalue weighted by Gasteiger charge is -2.34. The molecule has 8 heteroatoms. The second kappa shape index (κ2) is 6.12. The molecule has 0 unspecified atom stereocenters. The molecule has 134 valence electrons. The molecule has 4 nitrogen and oxygen atoms in total. The molecule has 1 aliphatic heterocycles. The average Bonchev–Trinajstić information content (AvgIpc) is 2.89. The van der Waals surface area contributed by atoms with E-state index < -0.39 is 23.6 Å². The SMILES string of the molecule is O=C(Cn1cc(F)c2ncc(-c3ccc(F)c(F)c3)cc21)N1CC(F)C1. The van der Waals surface area contributed by atoms with Gasteiger partial charge >= 0.3 is 0 Å². The van der Waals surface area contributed by atoms with Gasteiger partial charge in [0.05, 0.1) is 18.6 Å². The summed E-state index contributed by atoms with van der Waals surface area (Å²) in [6, 6.07) is 4.96. The fourth-order valence-electron chi connectivity index (χ4n) is 2.96. The molecular weight excluding hydrogens is 350 g/mol. The number of carbonyl (C=O) groups excluding carboxylic acids is 1. The summed E-state index contributed by atoms with van der Waals surface area (Å²) >= 11 is 0. The number of rotatable bonds is 3. The van der Waals surface area contributed by atoms with Crippen molar-refractivity contribution in [2.75, 3.05) is 13.1 Å². The lowest BCUT2D eigenvalue weighted by Crippen LogP contribution is -2.52. The molecule has 0 N–H and O–H groups in total. The van der Waals surface area contributed by atoms with Crippen molar-refractivity contribution in [3.63, 3.8) is 0 Å². The molecule has 1 aliphatic rings. The van der Waals surface area contributed by atoms with Crippen molar-refractivity contribution in [2.24, 2.45) is 0 Å². The summed E-state index contributed by atoms with van der Waals surface area (Å²) in [5, 5.41) is 0. The number of likely N-dealkylation sites (tertiary alicyclic amines) is 1. The minimum atomic E-state index is -1.02. The smallest absolute Gasteiger partial charge is 0.242 e. The van der Waals surface area contributed by atoms with Gasteiger partial charge in [0, 0.05) is 18.0 Å². The highest BCUT2D eigenvalue weighted by molar-refractivity contribution is 5.84. The zero-order valence-electron chi connectivity index (χ0n) is 13.4. The second-order valence-corrected chi connectivity index (χ2v) is 6.22. The van der Waals surface area contributed by atoms with Gasteiger partial charge in [0.15, 0.2) is 17.5 Å². The Morgan fingerprint density at radius 1 is 1.08 bits per heavy atom. The standard InChI is InChI=1S/C18H13F4N3O/c19-12-6-25(7-12)17(26)9-24-8-15(22)18-16(24)4-11(5-23-18)10-1-2-13(20)14(21)3-10/h1-5,8,12H,6-7,9H2. The number of amides is 1. The van der Waals surface area contributed by atoms with E-state index in [0.717, 1.165) is 18.3 Å². The number of hydrogen-bond acceptors (Lipinski definition) is 2. The first-order valence-corrected chi connectivity index (χ1v) is 7.94. The Morgan fingerprint density at radius 2 is 1.85 bits per heavy atom. The van der Waals surface area contributed by atoms with E-state index in [1.54, 1.807) is 6.07 Å². The number of halogens is 4. The maximum Gasteiger partial charge on any atom is 0.242 e. The Hall–Kier alpha value is -2.90. The van der Waals surface area contributed by atoms with Crippen molar-refractivity contribution in [1.82, 2.24) is 14.5 Å². The Balaban J connectivity index is 1.70. The summed E-state index contributed by atoms with van der Waals surface area (Å²) in [6.07, 6.45) is 1.49. The van der Waals surface area contributed by atoms with Crippen LogP contribution in [0.3, 0.4) is 0 Å². The molecule has 0 spiro atoms. The molecule has 0 bridgehead atoms. The van der Waals surface area contributed by atoms with Crippen LogP contribution in [-0.4, -0.2) is 39.6 Å². The van der Waals surface area contributed by atoms with Crippen LogP contribution in [0.2, 0.25) is 0 Å². The van der Waals surface area contributed by atoms with Gasteiger partial charge in [-0.3, -0.25) is 9.78 Å². The van der Waals surface area contributed by atoms with E-state index in [2.05, 4.69) is 4.98 Å². The van der Waals surface area contributed by atoms with Crippen LogP contribution in [0.15, 0.2) is 36.7 Å². The van der Waals surface area contributed by atoms with Crippen molar-refractivity contribution in [1.29, 1.82) is 0 Å². The van der Waals surface area contributed by atoms with Gasteiger partial charge in [-0.1, -0.05) is 6.07 Å². The molecule has 3 aromatic rings. The summed E-state index contributed by atoms with van der Waals surface area (Å²) in [6.45, 7) is -0.0756. The average molecular weight is 363 g/mol. The number of carbonyl (C=O) groups is 1. The predicted molar refractivity (Wildman–Crippen MR) is 86.5 cm³/mol. The van der Waals surface area contributed by atoms with E-state index >= 15 is 0 Å². The van der Waals surface area contributed by atoms with Crippen molar-refractivity contribution in [3.05, 3.63) is 54.1 Å². The number of benzene rings is 1. The summed E-state index contributed by atoms with van der Waals surface area (Å²) in [5.74, 6) is -2.90. The molecule has 2 aromatic heterocycles. The van der Waals surface area contributed by atoms with Gasteiger partial charge in [-0.2, -0.15) is 0 Å². The Morgan fingerprint density at radius 3 is 2.54 bits per heavy atom. The van der Waals surface area contributed by atoms with E-state index in [-0.39, 0.29) is 31.1 Å². The third kappa shape index (κ3) is 2.81. The predicted octanol–water partition coefficient (Wildman–Crippen LogP) is 3.30. The highest BCUT2D eigenvalue weighted by Gasteiger charge is 2.30. The van der Waals surface area contributed by atoms with E-state index in [1.807, 2.05) is 0 Å². The molecule has 0 saturated carbocycles. The molecule has 26 heavy (non-hydrogen) atoms. The van der Waals surface area contributed by atoms with E-state index in [4.69, 9.17) is 0 Å². The van der Waals surface area contributed by atoms with Crippen LogP contribution in [0.4, 0.5) is 17.6 Å². The Kier molecular flexibility index (Phi) is 3.90. The highest BCUT2D eigenvalue weighted by Crippen LogP contribution is 2.26. The van der Waals surface area contributed by atoms with Gasteiger partial charge in [0.1, 0.15) is 18.2 Å². The number of fused-ring (bicyclic) bond motifs is 1. The zero-order valence-corrected chi connectivity index (χ0v) is 13.4. The first-order valence-electron chi connectivity index (χ1n) is 7.94. The number of aromatic nitrogens is 2. The molecule has 1 aromatic carbocycles. The molecule has 0 aliphatic carbocycles. The number of pyridine rings is 1. The van der Waals surface area contributed by atoms with Crippen LogP contribution >= 0.6 is 0 Å². The zero-order chi connectivity index (χ0) is 18.4. The molecule has 0 radical (unpaired) electrons. The van der Waals surface area contributed by atoms with Crippen LogP contribution in [0.1, 0.15) is 0 Å². The van der Waals surface area contributed by atoms with Gasteiger partial charge in [0.25, 0.3) is 0 Å². The van der Waals surface area contributed by atoms with Crippen molar-refractivity contribution in [2.45, 2.75) is 12.7 Å². The fourth-order valence-corrected chi connectivity index (χ4v) is 2.96. The van der Waals surface area contributed by atoms with Crippen molar-refractivity contribution in [3.8, 4) is 11.1 Å². The first kappa shape index (κ1) is 16.6. The van der Waals surface area contributed by atoms with Crippen molar-refractivity contribution >= 4 is 16.9 Å². The summed E-state index contributed by atoms with van der Waals surface area (Å²) in [7, 11) is 0. The normalized spacial score (nSPS) is 14.7. The van der Waals surface area contributed by atoms with E-state index in [1.165, 1.54) is 21.7 Å². The molecule has 0 atom stereocenters. The quantitative estimate of drug-likeness (QED) is 0.670.